The second-order valence-corrected chi connectivity index (χ2v) is 9.05. The van der Waals surface area contributed by atoms with Gasteiger partial charge < -0.3 is 9.64 Å². The summed E-state index contributed by atoms with van der Waals surface area (Å²) >= 11 is 6.04. The SMILES string of the molecule is O=C(c1ccccc1-c1ncc(F)cn1)N1CC2CCC1C(Oc1ncc(C(F)(F)F)cc1Cl)C2. The molecule has 6 nitrogen and oxygen atoms in total. The molecule has 3 fully saturated rings. The third-order valence-electron chi connectivity index (χ3n) is 6.40. The van der Waals surface area contributed by atoms with Crippen molar-refractivity contribution in [2.45, 2.75) is 37.6 Å². The van der Waals surface area contributed by atoms with Crippen LogP contribution >= 0.6 is 11.6 Å². The number of pyridine rings is 1. The van der Waals surface area contributed by atoms with E-state index in [2.05, 4.69) is 15.0 Å². The summed E-state index contributed by atoms with van der Waals surface area (Å²) in [6.45, 7) is 0.524. The number of fused-ring (bicyclic) bond motifs is 3. The molecule has 3 atom stereocenters. The first kappa shape index (κ1) is 23.5. The second-order valence-electron chi connectivity index (χ2n) is 8.64. The predicted octanol–water partition coefficient (Wildman–Crippen LogP) is 5.42. The van der Waals surface area contributed by atoms with Crippen molar-refractivity contribution in [2.24, 2.45) is 5.92 Å². The van der Waals surface area contributed by atoms with Crippen LogP contribution in [-0.4, -0.2) is 44.4 Å². The Hall–Kier alpha value is -3.27. The van der Waals surface area contributed by atoms with Gasteiger partial charge in [-0.3, -0.25) is 4.79 Å². The zero-order valence-electron chi connectivity index (χ0n) is 18.2. The normalized spacial score (nSPS) is 21.7. The first-order valence-electron chi connectivity index (χ1n) is 11.0. The molecule has 1 amide bonds. The summed E-state index contributed by atoms with van der Waals surface area (Å²) in [5, 5.41) is -0.238. The molecule has 2 saturated heterocycles. The van der Waals surface area contributed by atoms with Crippen molar-refractivity contribution in [2.75, 3.05) is 6.54 Å². The lowest BCUT2D eigenvalue weighted by Gasteiger charge is -2.49. The summed E-state index contributed by atoms with van der Waals surface area (Å²) in [6.07, 6.45) is -0.0550. The Labute approximate surface area is 202 Å². The van der Waals surface area contributed by atoms with Crippen LogP contribution in [0.2, 0.25) is 5.02 Å². The maximum atomic E-state index is 13.6. The molecule has 2 aromatic heterocycles. The highest BCUT2D eigenvalue weighted by Crippen LogP contribution is 2.40. The van der Waals surface area contributed by atoms with Crippen LogP contribution in [0.25, 0.3) is 11.4 Å². The summed E-state index contributed by atoms with van der Waals surface area (Å²) in [4.78, 5) is 27.2. The number of halogens is 5. The number of alkyl halides is 3. The number of hydrogen-bond donors (Lipinski definition) is 0. The topological polar surface area (TPSA) is 68.2 Å². The molecule has 1 aromatic carbocycles. The van der Waals surface area contributed by atoms with E-state index in [-0.39, 0.29) is 34.6 Å². The molecule has 2 bridgehead atoms. The molecule has 3 aliphatic rings. The monoisotopic (exact) mass is 506 g/mol. The largest absolute Gasteiger partial charge is 0.471 e. The van der Waals surface area contributed by atoms with Crippen molar-refractivity contribution in [1.29, 1.82) is 0 Å². The highest BCUT2D eigenvalue weighted by atomic mass is 35.5. The quantitative estimate of drug-likeness (QED) is 0.442. The average molecular weight is 507 g/mol. The fraction of sp³-hybridized carbons (Fsp3) is 0.333. The maximum absolute atomic E-state index is 13.6. The van der Waals surface area contributed by atoms with Gasteiger partial charge in [0, 0.05) is 18.3 Å². The van der Waals surface area contributed by atoms with Crippen molar-refractivity contribution < 1.29 is 27.1 Å². The van der Waals surface area contributed by atoms with Crippen LogP contribution in [0.3, 0.4) is 0 Å². The first-order valence-corrected chi connectivity index (χ1v) is 11.4. The Bertz CT molecular complexity index is 1260. The molecule has 0 radical (unpaired) electrons. The van der Waals surface area contributed by atoms with Crippen LogP contribution in [-0.2, 0) is 6.18 Å². The van der Waals surface area contributed by atoms with E-state index in [0.717, 1.165) is 24.9 Å². The van der Waals surface area contributed by atoms with Crippen LogP contribution in [0, 0.1) is 11.7 Å². The summed E-state index contributed by atoms with van der Waals surface area (Å²) in [5.41, 5.74) is -0.114. The van der Waals surface area contributed by atoms with E-state index in [1.54, 1.807) is 29.2 Å². The van der Waals surface area contributed by atoms with Gasteiger partial charge in [0.15, 0.2) is 11.6 Å². The number of aromatic nitrogens is 3. The number of carbonyl (C=O) groups is 1. The molecular formula is C24H19ClF4N4O2. The third kappa shape index (κ3) is 4.67. The zero-order chi connectivity index (χ0) is 24.7. The molecule has 6 rings (SSSR count). The van der Waals surface area contributed by atoms with E-state index in [0.29, 0.717) is 36.7 Å². The van der Waals surface area contributed by atoms with Gasteiger partial charge in [0.05, 0.1) is 29.6 Å². The summed E-state index contributed by atoms with van der Waals surface area (Å²) in [7, 11) is 0. The molecule has 35 heavy (non-hydrogen) atoms. The Morgan fingerprint density at radius 3 is 2.51 bits per heavy atom. The maximum Gasteiger partial charge on any atom is 0.417 e. The number of hydrogen-bond acceptors (Lipinski definition) is 5. The molecule has 11 heteroatoms. The molecule has 182 valence electrons. The van der Waals surface area contributed by atoms with E-state index in [9.17, 15) is 22.4 Å². The number of ether oxygens (including phenoxy) is 1. The van der Waals surface area contributed by atoms with Gasteiger partial charge in [-0.15, -0.1) is 0 Å². The van der Waals surface area contributed by atoms with Gasteiger partial charge in [-0.05, 0) is 37.3 Å². The van der Waals surface area contributed by atoms with Gasteiger partial charge in [-0.1, -0.05) is 29.8 Å². The average Bonchev–Trinajstić information content (AvgIpc) is 2.85. The first-order chi connectivity index (χ1) is 16.7. The van der Waals surface area contributed by atoms with Gasteiger partial charge in [-0.25, -0.2) is 19.3 Å². The Balaban J connectivity index is 1.40. The van der Waals surface area contributed by atoms with Gasteiger partial charge in [0.1, 0.15) is 11.1 Å². The minimum absolute atomic E-state index is 0.0928. The van der Waals surface area contributed by atoms with Crippen LogP contribution in [0.15, 0.2) is 48.9 Å². The van der Waals surface area contributed by atoms with Gasteiger partial charge >= 0.3 is 6.18 Å². The second kappa shape index (κ2) is 9.07. The van der Waals surface area contributed by atoms with Crippen LogP contribution in [0.1, 0.15) is 35.2 Å². The highest BCUT2D eigenvalue weighted by Gasteiger charge is 2.45. The molecule has 0 spiro atoms. The third-order valence-corrected chi connectivity index (χ3v) is 6.67. The van der Waals surface area contributed by atoms with E-state index in [4.69, 9.17) is 16.3 Å². The van der Waals surface area contributed by atoms with Gasteiger partial charge in [0.25, 0.3) is 5.91 Å². The van der Waals surface area contributed by atoms with E-state index >= 15 is 0 Å². The van der Waals surface area contributed by atoms with Crippen molar-refractivity contribution in [1.82, 2.24) is 19.9 Å². The fourth-order valence-electron chi connectivity index (χ4n) is 4.77. The smallest absolute Gasteiger partial charge is 0.417 e. The minimum Gasteiger partial charge on any atom is -0.471 e. The van der Waals surface area contributed by atoms with Crippen molar-refractivity contribution in [3.63, 3.8) is 0 Å². The Kier molecular flexibility index (Phi) is 6.08. The summed E-state index contributed by atoms with van der Waals surface area (Å²) in [6, 6.07) is 7.30. The number of rotatable bonds is 4. The number of carbonyl (C=O) groups excluding carboxylic acids is 1. The molecule has 0 N–H and O–H groups in total. The molecule has 3 aromatic rings. The van der Waals surface area contributed by atoms with Crippen LogP contribution in [0.4, 0.5) is 17.6 Å². The molecule has 2 aliphatic heterocycles. The Morgan fingerprint density at radius 1 is 1.09 bits per heavy atom. The molecule has 1 aliphatic carbocycles. The number of benzene rings is 1. The standard InChI is InChI=1S/C24H19ClF4N4O2/c25-18-8-14(24(27,28)29)9-32-22(18)35-20-7-13-5-6-19(20)33(12-13)23(34)17-4-2-1-3-16(17)21-30-10-15(26)11-31-21/h1-4,8-11,13,19-20H,5-7,12H2. The van der Waals surface area contributed by atoms with Crippen LogP contribution in [0.5, 0.6) is 5.88 Å². The molecular weight excluding hydrogens is 488 g/mol. The number of nitrogens with zero attached hydrogens (tertiary/aromatic N) is 4. The zero-order valence-corrected chi connectivity index (χ0v) is 18.9. The predicted molar refractivity (Wildman–Crippen MR) is 118 cm³/mol. The molecule has 1 saturated carbocycles. The lowest BCUT2D eigenvalue weighted by atomic mass is 9.77. The fourth-order valence-corrected chi connectivity index (χ4v) is 4.98. The lowest BCUT2D eigenvalue weighted by molar-refractivity contribution is -0.137. The van der Waals surface area contributed by atoms with Crippen molar-refractivity contribution in [3.05, 3.63) is 70.9 Å². The van der Waals surface area contributed by atoms with E-state index in [1.807, 2.05) is 0 Å². The highest BCUT2D eigenvalue weighted by molar-refractivity contribution is 6.31. The minimum atomic E-state index is -4.57. The van der Waals surface area contributed by atoms with Crippen molar-refractivity contribution >= 4 is 17.5 Å². The summed E-state index contributed by atoms with van der Waals surface area (Å²) in [5.74, 6) is -0.531. The number of amides is 1. The van der Waals surface area contributed by atoms with E-state index in [1.165, 1.54) is 0 Å². The van der Waals surface area contributed by atoms with E-state index < -0.39 is 23.7 Å². The lowest BCUT2D eigenvalue weighted by Crippen LogP contribution is -2.59. The summed E-state index contributed by atoms with van der Waals surface area (Å²) < 4.78 is 58.1. The van der Waals surface area contributed by atoms with Crippen LogP contribution < -0.4 is 4.74 Å². The van der Waals surface area contributed by atoms with Gasteiger partial charge in [0.2, 0.25) is 5.88 Å². The van der Waals surface area contributed by atoms with Crippen molar-refractivity contribution in [3.8, 4) is 17.3 Å². The molecule has 4 heterocycles. The molecule has 3 unspecified atom stereocenters. The van der Waals surface area contributed by atoms with Gasteiger partial charge in [-0.2, -0.15) is 13.2 Å². The Morgan fingerprint density at radius 2 is 1.83 bits per heavy atom. The number of piperidine rings is 2.